The van der Waals surface area contributed by atoms with Crippen molar-refractivity contribution in [3.8, 4) is 22.3 Å². The number of anilines is 6. The van der Waals surface area contributed by atoms with Crippen molar-refractivity contribution in [3.05, 3.63) is 291 Å². The quantitative estimate of drug-likeness (QED) is 0.111. The lowest BCUT2D eigenvalue weighted by molar-refractivity contribution is 1.30. The SMILES string of the molecule is c1ccc(-c2cccc3c(N(c4ccccc4)c4ccc5c(c4)c4ccccc4c4cc6c7ccc(N(c8ccccc8)c8cccc9c(-c%10ccccc%10)cccc89)cc7c7ccccc7c6cc54)cccc23)cc1. The second-order valence-electron chi connectivity index (χ2n) is 19.9. The number of para-hydroxylation sites is 2. The number of rotatable bonds is 8. The molecule has 2 heteroatoms. The normalized spacial score (nSPS) is 11.7. The summed E-state index contributed by atoms with van der Waals surface area (Å²) in [6.07, 6.45) is 0. The molecule has 0 aliphatic rings. The molecule has 0 N–H and O–H groups in total. The Bertz CT molecular complexity index is 4440. The number of nitrogens with zero attached hydrogens (tertiary/aromatic N) is 2. The molecule has 0 radical (unpaired) electrons. The fourth-order valence-electron chi connectivity index (χ4n) is 12.4. The van der Waals surface area contributed by atoms with Gasteiger partial charge in [-0.05, 0) is 170 Å². The lowest BCUT2D eigenvalue weighted by atomic mass is 9.88. The molecule has 354 valence electrons. The van der Waals surface area contributed by atoms with E-state index in [1.807, 2.05) is 0 Å². The Kier molecular flexibility index (Phi) is 10.2. The van der Waals surface area contributed by atoms with Crippen LogP contribution in [0.3, 0.4) is 0 Å². The predicted octanol–water partition coefficient (Wildman–Crippen LogP) is 21.2. The molecule has 0 spiro atoms. The first-order valence-electron chi connectivity index (χ1n) is 26.2. The second-order valence-corrected chi connectivity index (χ2v) is 19.9. The summed E-state index contributed by atoms with van der Waals surface area (Å²) in [7, 11) is 0. The fraction of sp³-hybridized carbons (Fsp3) is 0. The van der Waals surface area contributed by atoms with Crippen LogP contribution in [0.4, 0.5) is 34.1 Å². The molecule has 15 aromatic rings. The van der Waals surface area contributed by atoms with E-state index in [0.29, 0.717) is 0 Å². The number of benzene rings is 15. The van der Waals surface area contributed by atoms with Gasteiger partial charge in [-0.2, -0.15) is 0 Å². The van der Waals surface area contributed by atoms with Crippen LogP contribution in [-0.2, 0) is 0 Å². The maximum atomic E-state index is 2.48. The highest BCUT2D eigenvalue weighted by molar-refractivity contribution is 6.33. The van der Waals surface area contributed by atoms with E-state index in [0.717, 1.165) is 34.1 Å². The lowest BCUT2D eigenvalue weighted by Gasteiger charge is -2.28. The van der Waals surface area contributed by atoms with Crippen molar-refractivity contribution < 1.29 is 0 Å². The molecule has 76 heavy (non-hydrogen) atoms. The minimum Gasteiger partial charge on any atom is -0.310 e. The molecule has 0 atom stereocenters. The molecule has 2 nitrogen and oxygen atoms in total. The van der Waals surface area contributed by atoms with Crippen molar-refractivity contribution in [3.63, 3.8) is 0 Å². The summed E-state index contributed by atoms with van der Waals surface area (Å²) in [5, 5.41) is 19.7. The molecule has 0 aliphatic carbocycles. The first-order chi connectivity index (χ1) is 37.7. The van der Waals surface area contributed by atoms with E-state index >= 15 is 0 Å². The van der Waals surface area contributed by atoms with Gasteiger partial charge in [0.2, 0.25) is 0 Å². The molecule has 0 heterocycles. The van der Waals surface area contributed by atoms with Gasteiger partial charge in [0, 0.05) is 33.5 Å². The van der Waals surface area contributed by atoms with Crippen molar-refractivity contribution in [2.75, 3.05) is 9.80 Å². The predicted molar refractivity (Wildman–Crippen MR) is 327 cm³/mol. The van der Waals surface area contributed by atoms with Gasteiger partial charge in [0.25, 0.3) is 0 Å². The minimum atomic E-state index is 1.11. The summed E-state index contributed by atoms with van der Waals surface area (Å²) < 4.78 is 0. The van der Waals surface area contributed by atoms with E-state index in [4.69, 9.17) is 0 Å². The molecule has 0 amide bonds. The van der Waals surface area contributed by atoms with Gasteiger partial charge in [-0.3, -0.25) is 0 Å². The Labute approximate surface area is 441 Å². The molecule has 0 saturated heterocycles. The minimum absolute atomic E-state index is 1.11. The summed E-state index contributed by atoms with van der Waals surface area (Å²) >= 11 is 0. The van der Waals surface area contributed by atoms with Crippen LogP contribution in [0.25, 0.3) is 108 Å². The Morgan fingerprint density at radius 1 is 0.158 bits per heavy atom. The Hall–Kier alpha value is -10.0. The largest absolute Gasteiger partial charge is 0.310 e. The molecular weight excluding hydrogens is 917 g/mol. The van der Waals surface area contributed by atoms with Gasteiger partial charge in [-0.1, -0.05) is 218 Å². The average molecular weight is 965 g/mol. The third-order valence-electron chi connectivity index (χ3n) is 15.8. The van der Waals surface area contributed by atoms with Gasteiger partial charge >= 0.3 is 0 Å². The zero-order valence-electron chi connectivity index (χ0n) is 41.6. The van der Waals surface area contributed by atoms with E-state index in [9.17, 15) is 0 Å². The monoisotopic (exact) mass is 964 g/mol. The number of hydrogen-bond donors (Lipinski definition) is 0. The van der Waals surface area contributed by atoms with Crippen LogP contribution in [0.1, 0.15) is 0 Å². The molecule has 0 saturated carbocycles. The maximum Gasteiger partial charge on any atom is 0.0540 e. The van der Waals surface area contributed by atoms with Gasteiger partial charge in [0.05, 0.1) is 11.4 Å². The van der Waals surface area contributed by atoms with E-state index in [1.54, 1.807) is 0 Å². The standard InChI is InChI=1S/C74H48N2/c1-5-21-49(22-6-1)55-33-17-37-65-57(55)35-19-39-73(65)75(51-25-9-3-10-26-51)53-41-43-63-67(45-53)59-29-13-15-31-61(59)69-48-72-64-44-42-54(46-68(64)60-30-14-16-32-62(60)70(72)47-71(63)69)76(52-27-11-4-12-28-52)74-40-20-36-58-56(34-18-38-66(58)74)50-23-7-2-8-24-50/h1-48H. The van der Waals surface area contributed by atoms with E-state index in [-0.39, 0.29) is 0 Å². The first kappa shape index (κ1) is 43.6. The summed E-state index contributed by atoms with van der Waals surface area (Å²) in [6, 6.07) is 107. The Morgan fingerprint density at radius 3 is 0.829 bits per heavy atom. The summed E-state index contributed by atoms with van der Waals surface area (Å²) in [5.74, 6) is 0. The first-order valence-corrected chi connectivity index (χ1v) is 26.2. The zero-order valence-corrected chi connectivity index (χ0v) is 41.6. The molecule has 0 aliphatic heterocycles. The van der Waals surface area contributed by atoms with Crippen molar-refractivity contribution in [2.45, 2.75) is 0 Å². The fourth-order valence-corrected chi connectivity index (χ4v) is 12.4. The highest BCUT2D eigenvalue weighted by atomic mass is 15.1. The third-order valence-corrected chi connectivity index (χ3v) is 15.8. The summed E-state index contributed by atoms with van der Waals surface area (Å²) in [6.45, 7) is 0. The smallest absolute Gasteiger partial charge is 0.0540 e. The van der Waals surface area contributed by atoms with Gasteiger partial charge in [-0.25, -0.2) is 0 Å². The van der Waals surface area contributed by atoms with Gasteiger partial charge in [0.15, 0.2) is 0 Å². The topological polar surface area (TPSA) is 6.48 Å². The maximum absolute atomic E-state index is 2.48. The lowest BCUT2D eigenvalue weighted by Crippen LogP contribution is -2.10. The molecule has 0 unspecified atom stereocenters. The van der Waals surface area contributed by atoms with Crippen LogP contribution in [0, 0.1) is 0 Å². The number of fused-ring (bicyclic) bond motifs is 14. The van der Waals surface area contributed by atoms with Gasteiger partial charge < -0.3 is 9.80 Å². The molecular formula is C74H48N2. The van der Waals surface area contributed by atoms with Crippen molar-refractivity contribution in [1.29, 1.82) is 0 Å². The summed E-state index contributed by atoms with van der Waals surface area (Å²) in [5.41, 5.74) is 11.6. The van der Waals surface area contributed by atoms with Crippen LogP contribution < -0.4 is 9.80 Å². The van der Waals surface area contributed by atoms with Crippen LogP contribution in [0.5, 0.6) is 0 Å². The molecule has 0 aromatic heterocycles. The summed E-state index contributed by atoms with van der Waals surface area (Å²) in [4.78, 5) is 4.87. The van der Waals surface area contributed by atoms with Crippen LogP contribution in [-0.4, -0.2) is 0 Å². The zero-order chi connectivity index (χ0) is 50.1. The van der Waals surface area contributed by atoms with Crippen LogP contribution in [0.15, 0.2) is 291 Å². The van der Waals surface area contributed by atoms with Gasteiger partial charge in [-0.15, -0.1) is 0 Å². The molecule has 15 rings (SSSR count). The second kappa shape index (κ2) is 17.9. The highest BCUT2D eigenvalue weighted by Crippen LogP contribution is 2.48. The van der Waals surface area contributed by atoms with Crippen molar-refractivity contribution >= 4 is 120 Å². The number of hydrogen-bond acceptors (Lipinski definition) is 2. The average Bonchev–Trinajstić information content (AvgIpc) is 3.60. The van der Waals surface area contributed by atoms with E-state index < -0.39 is 0 Å². The van der Waals surface area contributed by atoms with Crippen molar-refractivity contribution in [1.82, 2.24) is 0 Å². The van der Waals surface area contributed by atoms with E-state index in [1.165, 1.54) is 108 Å². The Morgan fingerprint density at radius 2 is 0.447 bits per heavy atom. The van der Waals surface area contributed by atoms with Crippen LogP contribution in [0.2, 0.25) is 0 Å². The molecule has 0 bridgehead atoms. The molecule has 15 aromatic carbocycles. The van der Waals surface area contributed by atoms with Crippen molar-refractivity contribution in [2.24, 2.45) is 0 Å². The van der Waals surface area contributed by atoms with Gasteiger partial charge in [0.1, 0.15) is 0 Å². The highest BCUT2D eigenvalue weighted by Gasteiger charge is 2.22. The molecule has 0 fully saturated rings. The van der Waals surface area contributed by atoms with E-state index in [2.05, 4.69) is 301 Å². The Balaban J connectivity index is 0.935. The third kappa shape index (κ3) is 7.03. The van der Waals surface area contributed by atoms with Crippen LogP contribution >= 0.6 is 0 Å².